The molecule has 6 heteroatoms. The normalized spacial score (nSPS) is 11.1. The molecule has 1 heterocycles. The lowest BCUT2D eigenvalue weighted by molar-refractivity contribution is -0.113. The lowest BCUT2D eigenvalue weighted by Crippen LogP contribution is -2.31. The van der Waals surface area contributed by atoms with E-state index in [1.54, 1.807) is 36.4 Å². The number of carbonyl (C=O) groups excluding carboxylic acids is 2. The lowest BCUT2D eigenvalue weighted by atomic mass is 10.2. The summed E-state index contributed by atoms with van der Waals surface area (Å²) < 4.78 is 5.92. The van der Waals surface area contributed by atoms with Gasteiger partial charge < -0.3 is 15.1 Å². The molecule has 136 valence electrons. The van der Waals surface area contributed by atoms with Crippen molar-refractivity contribution in [2.75, 3.05) is 5.32 Å². The number of amides is 2. The molecule has 2 N–H and O–H groups in total. The topological polar surface area (TPSA) is 71.3 Å². The van der Waals surface area contributed by atoms with E-state index in [-0.39, 0.29) is 5.70 Å². The van der Waals surface area contributed by atoms with Crippen LogP contribution in [0.3, 0.4) is 0 Å². The summed E-state index contributed by atoms with van der Waals surface area (Å²) in [5.74, 6) is -0.395. The van der Waals surface area contributed by atoms with Crippen molar-refractivity contribution >= 4 is 39.5 Å². The van der Waals surface area contributed by atoms with E-state index in [9.17, 15) is 9.59 Å². The van der Waals surface area contributed by atoms with Gasteiger partial charge in [-0.1, -0.05) is 24.3 Å². The highest BCUT2D eigenvalue weighted by Gasteiger charge is 2.17. The Balaban J connectivity index is 1.86. The third-order valence-corrected chi connectivity index (χ3v) is 4.41. The third kappa shape index (κ3) is 4.95. The van der Waals surface area contributed by atoms with E-state index < -0.39 is 11.8 Å². The maximum absolute atomic E-state index is 12.8. The molecule has 27 heavy (non-hydrogen) atoms. The molecule has 0 saturated heterocycles. The zero-order valence-electron chi connectivity index (χ0n) is 14.5. The number of furan rings is 1. The lowest BCUT2D eigenvalue weighted by Gasteiger charge is -2.12. The van der Waals surface area contributed by atoms with E-state index in [0.717, 1.165) is 5.56 Å². The van der Waals surface area contributed by atoms with E-state index in [2.05, 4.69) is 26.6 Å². The average molecular weight is 425 g/mol. The largest absolute Gasteiger partial charge is 0.465 e. The van der Waals surface area contributed by atoms with Crippen molar-refractivity contribution in [1.82, 2.24) is 5.32 Å². The Labute approximate surface area is 165 Å². The molecule has 2 amide bonds. The van der Waals surface area contributed by atoms with Crippen LogP contribution in [0.15, 0.2) is 81.5 Å². The summed E-state index contributed by atoms with van der Waals surface area (Å²) in [6.07, 6.45) is 2.98. The fourth-order valence-corrected chi connectivity index (χ4v) is 2.90. The van der Waals surface area contributed by atoms with E-state index >= 15 is 0 Å². The van der Waals surface area contributed by atoms with Crippen LogP contribution in [0.25, 0.3) is 6.08 Å². The average Bonchev–Trinajstić information content (AvgIpc) is 3.14. The Kier molecular flexibility index (Phi) is 5.88. The first kappa shape index (κ1) is 18.7. The molecule has 3 rings (SSSR count). The Morgan fingerprint density at radius 1 is 1.04 bits per heavy atom. The van der Waals surface area contributed by atoms with Crippen LogP contribution in [0.4, 0.5) is 5.69 Å². The van der Waals surface area contributed by atoms with Gasteiger partial charge in [-0.15, -0.1) is 0 Å². The molecule has 0 aliphatic carbocycles. The number of hydrogen-bond donors (Lipinski definition) is 2. The third-order valence-electron chi connectivity index (χ3n) is 3.72. The second-order valence-corrected chi connectivity index (χ2v) is 6.69. The van der Waals surface area contributed by atoms with Crippen LogP contribution in [0.1, 0.15) is 21.7 Å². The molecule has 0 radical (unpaired) electrons. The standard InChI is InChI=1S/C21H17BrN2O3/c1-14-6-4-7-15(12-14)23-21(26)19(13-16-8-5-11-27-16)24-20(25)17-9-2-3-10-18(17)22/h2-13H,1H3,(H,23,26)(H,24,25)/b19-13-. The first-order valence-corrected chi connectivity index (χ1v) is 9.01. The van der Waals surface area contributed by atoms with Crippen LogP contribution in [-0.2, 0) is 4.79 Å². The molecule has 2 aromatic carbocycles. The van der Waals surface area contributed by atoms with Gasteiger partial charge in [0, 0.05) is 16.2 Å². The second kappa shape index (κ2) is 8.51. The Morgan fingerprint density at radius 3 is 2.56 bits per heavy atom. The predicted octanol–water partition coefficient (Wildman–Crippen LogP) is 4.76. The van der Waals surface area contributed by atoms with E-state index in [1.165, 1.54) is 12.3 Å². The summed E-state index contributed by atoms with van der Waals surface area (Å²) in [7, 11) is 0. The van der Waals surface area contributed by atoms with Crippen LogP contribution in [0, 0.1) is 6.92 Å². The van der Waals surface area contributed by atoms with Gasteiger partial charge in [0.1, 0.15) is 11.5 Å². The number of halogens is 1. The number of anilines is 1. The highest BCUT2D eigenvalue weighted by molar-refractivity contribution is 9.10. The zero-order chi connectivity index (χ0) is 19.2. The maximum atomic E-state index is 12.8. The van der Waals surface area contributed by atoms with Crippen molar-refractivity contribution in [1.29, 1.82) is 0 Å². The number of nitrogens with one attached hydrogen (secondary N) is 2. The van der Waals surface area contributed by atoms with Gasteiger partial charge in [-0.25, -0.2) is 0 Å². The van der Waals surface area contributed by atoms with Gasteiger partial charge in [-0.2, -0.15) is 0 Å². The van der Waals surface area contributed by atoms with Crippen LogP contribution in [0.2, 0.25) is 0 Å². The minimum atomic E-state index is -0.447. The number of aryl methyl sites for hydroxylation is 1. The molecule has 0 atom stereocenters. The fourth-order valence-electron chi connectivity index (χ4n) is 2.43. The highest BCUT2D eigenvalue weighted by atomic mass is 79.9. The summed E-state index contributed by atoms with van der Waals surface area (Å²) in [6, 6.07) is 17.8. The fraction of sp³-hybridized carbons (Fsp3) is 0.0476. The second-order valence-electron chi connectivity index (χ2n) is 5.83. The molecule has 0 spiro atoms. The minimum absolute atomic E-state index is 0.0761. The number of benzene rings is 2. The number of hydrogen-bond acceptors (Lipinski definition) is 3. The summed E-state index contributed by atoms with van der Waals surface area (Å²) in [4.78, 5) is 25.4. The van der Waals surface area contributed by atoms with Gasteiger partial charge in [0.25, 0.3) is 11.8 Å². The summed E-state index contributed by atoms with van der Waals surface area (Å²) in [5, 5.41) is 5.46. The Hall–Kier alpha value is -3.12. The molecular weight excluding hydrogens is 408 g/mol. The number of rotatable bonds is 5. The summed E-state index contributed by atoms with van der Waals surface area (Å²) in [5.41, 5.74) is 2.15. The van der Waals surface area contributed by atoms with Gasteiger partial charge in [0.15, 0.2) is 0 Å². The molecule has 3 aromatic rings. The minimum Gasteiger partial charge on any atom is -0.465 e. The predicted molar refractivity (Wildman–Crippen MR) is 108 cm³/mol. The van der Waals surface area contributed by atoms with Crippen molar-refractivity contribution in [3.05, 3.63) is 94.0 Å². The van der Waals surface area contributed by atoms with Crippen LogP contribution >= 0.6 is 15.9 Å². The van der Waals surface area contributed by atoms with E-state index in [1.807, 2.05) is 31.2 Å². The SMILES string of the molecule is Cc1cccc(NC(=O)/C(=C/c2ccco2)NC(=O)c2ccccc2Br)c1. The molecule has 0 aliphatic heterocycles. The van der Waals surface area contributed by atoms with E-state index in [0.29, 0.717) is 21.5 Å². The van der Waals surface area contributed by atoms with Gasteiger partial charge in [0.05, 0.1) is 11.8 Å². The van der Waals surface area contributed by atoms with Gasteiger partial charge in [-0.3, -0.25) is 9.59 Å². The molecule has 0 unspecified atom stereocenters. The van der Waals surface area contributed by atoms with Crippen LogP contribution in [-0.4, -0.2) is 11.8 Å². The molecule has 1 aromatic heterocycles. The first-order chi connectivity index (χ1) is 13.0. The monoisotopic (exact) mass is 424 g/mol. The maximum Gasteiger partial charge on any atom is 0.272 e. The van der Waals surface area contributed by atoms with Gasteiger partial charge in [-0.05, 0) is 64.8 Å². The Bertz CT molecular complexity index is 994. The van der Waals surface area contributed by atoms with E-state index in [4.69, 9.17) is 4.42 Å². The molecule has 0 bridgehead atoms. The molecule has 0 saturated carbocycles. The van der Waals surface area contributed by atoms with Crippen LogP contribution < -0.4 is 10.6 Å². The highest BCUT2D eigenvalue weighted by Crippen LogP contribution is 2.17. The van der Waals surface area contributed by atoms with Crippen molar-refractivity contribution in [3.8, 4) is 0 Å². The van der Waals surface area contributed by atoms with Crippen molar-refractivity contribution in [2.24, 2.45) is 0 Å². The van der Waals surface area contributed by atoms with Gasteiger partial charge >= 0.3 is 0 Å². The molecule has 0 fully saturated rings. The smallest absolute Gasteiger partial charge is 0.272 e. The van der Waals surface area contributed by atoms with Crippen LogP contribution in [0.5, 0.6) is 0 Å². The first-order valence-electron chi connectivity index (χ1n) is 8.22. The van der Waals surface area contributed by atoms with Gasteiger partial charge in [0.2, 0.25) is 0 Å². The zero-order valence-corrected chi connectivity index (χ0v) is 16.1. The molecule has 5 nitrogen and oxygen atoms in total. The summed E-state index contributed by atoms with van der Waals surface area (Å²) in [6.45, 7) is 1.93. The number of carbonyl (C=O) groups is 2. The molecule has 0 aliphatic rings. The van der Waals surface area contributed by atoms with Crippen molar-refractivity contribution in [3.63, 3.8) is 0 Å². The van der Waals surface area contributed by atoms with Crippen molar-refractivity contribution in [2.45, 2.75) is 6.92 Å². The summed E-state index contributed by atoms with van der Waals surface area (Å²) >= 11 is 3.35. The van der Waals surface area contributed by atoms with Crippen molar-refractivity contribution < 1.29 is 14.0 Å². The molecular formula is C21H17BrN2O3. The quantitative estimate of drug-likeness (QED) is 0.579. The Morgan fingerprint density at radius 2 is 1.85 bits per heavy atom.